The number of carboxylic acid groups (broad SMARTS) is 1. The predicted molar refractivity (Wildman–Crippen MR) is 70.9 cm³/mol. The quantitative estimate of drug-likeness (QED) is 0.726. The first-order chi connectivity index (χ1) is 8.95. The van der Waals surface area contributed by atoms with Gasteiger partial charge in [0, 0.05) is 39.2 Å². The Hall–Kier alpha value is -1.08. The summed E-state index contributed by atoms with van der Waals surface area (Å²) < 4.78 is 5.12. The molecule has 6 nitrogen and oxygen atoms in total. The Morgan fingerprint density at radius 1 is 1.42 bits per heavy atom. The van der Waals surface area contributed by atoms with E-state index >= 15 is 0 Å². The first-order valence-electron chi connectivity index (χ1n) is 6.14. The van der Waals surface area contributed by atoms with Crippen LogP contribution in [-0.4, -0.2) is 58.6 Å². The third-order valence-electron chi connectivity index (χ3n) is 3.04. The zero-order valence-corrected chi connectivity index (χ0v) is 11.9. The highest BCUT2D eigenvalue weighted by molar-refractivity contribution is 8.13. The van der Waals surface area contributed by atoms with E-state index in [2.05, 4.69) is 0 Å². The van der Waals surface area contributed by atoms with Gasteiger partial charge in [-0.3, -0.25) is 9.59 Å². The lowest BCUT2D eigenvalue weighted by atomic mass is 10.2. The summed E-state index contributed by atoms with van der Waals surface area (Å²) in [4.78, 5) is 35.2. The average molecular weight is 289 g/mol. The first kappa shape index (κ1) is 16.0. The molecule has 0 aromatic heterocycles. The maximum absolute atomic E-state index is 12.0. The molecule has 2 atom stereocenters. The predicted octanol–water partition coefficient (Wildman–Crippen LogP) is 0.747. The molecule has 1 heterocycles. The molecule has 1 fully saturated rings. The highest BCUT2D eigenvalue weighted by Crippen LogP contribution is 2.21. The number of rotatable bonds is 6. The van der Waals surface area contributed by atoms with Crippen LogP contribution in [0.4, 0.5) is 0 Å². The van der Waals surface area contributed by atoms with Gasteiger partial charge >= 0.3 is 5.97 Å². The highest BCUT2D eigenvalue weighted by Gasteiger charge is 2.39. The van der Waals surface area contributed by atoms with Gasteiger partial charge in [0.2, 0.25) is 5.91 Å². The van der Waals surface area contributed by atoms with Gasteiger partial charge in [0.15, 0.2) is 5.12 Å². The Bertz CT molecular complexity index is 360. The second kappa shape index (κ2) is 7.49. The summed E-state index contributed by atoms with van der Waals surface area (Å²) in [6.07, 6.45) is 0.959. The van der Waals surface area contributed by atoms with Crippen LogP contribution in [0.3, 0.4) is 0 Å². The monoisotopic (exact) mass is 289 g/mol. The molecule has 0 radical (unpaired) electrons. The zero-order chi connectivity index (χ0) is 14.4. The normalized spacial score (nSPS) is 22.5. The van der Waals surface area contributed by atoms with Crippen LogP contribution in [0.1, 0.15) is 26.2 Å². The Morgan fingerprint density at radius 2 is 2.11 bits per heavy atom. The average Bonchev–Trinajstić information content (AvgIpc) is 2.78. The Kier molecular flexibility index (Phi) is 6.30. The Balaban J connectivity index is 2.45. The topological polar surface area (TPSA) is 83.9 Å². The minimum Gasteiger partial charge on any atom is -0.480 e. The Morgan fingerprint density at radius 3 is 2.63 bits per heavy atom. The van der Waals surface area contributed by atoms with E-state index in [9.17, 15) is 14.4 Å². The molecule has 1 aliphatic rings. The number of nitrogens with zero attached hydrogens (tertiary/aromatic N) is 1. The van der Waals surface area contributed by atoms with Crippen LogP contribution in [0.15, 0.2) is 0 Å². The third-order valence-corrected chi connectivity index (χ3v) is 3.94. The number of carbonyl (C=O) groups is 3. The number of methoxy groups -OCH3 is 1. The molecule has 108 valence electrons. The molecule has 1 rings (SSSR count). The van der Waals surface area contributed by atoms with E-state index in [0.29, 0.717) is 25.1 Å². The molecule has 0 saturated carbocycles. The molecule has 7 heteroatoms. The standard InChI is InChI=1S/C12H19NO5S/c1-8(14)19-5-3-4-11(15)13-7-9(18-2)6-10(13)12(16)17/h9-10H,3-7H2,1-2H3,(H,16,17)/t9?,10-/m0/s1. The molecule has 1 N–H and O–H groups in total. The summed E-state index contributed by atoms with van der Waals surface area (Å²) in [5, 5.41) is 9.12. The van der Waals surface area contributed by atoms with Crippen molar-refractivity contribution in [3.63, 3.8) is 0 Å². The number of likely N-dealkylation sites (tertiary alicyclic amines) is 1. The van der Waals surface area contributed by atoms with Crippen molar-refractivity contribution in [3.8, 4) is 0 Å². The van der Waals surface area contributed by atoms with Gasteiger partial charge in [-0.05, 0) is 6.42 Å². The molecular weight excluding hydrogens is 270 g/mol. The van der Waals surface area contributed by atoms with Crippen molar-refractivity contribution in [1.82, 2.24) is 4.90 Å². The molecule has 1 amide bonds. The van der Waals surface area contributed by atoms with Crippen molar-refractivity contribution < 1.29 is 24.2 Å². The van der Waals surface area contributed by atoms with Crippen LogP contribution in [0.5, 0.6) is 0 Å². The summed E-state index contributed by atoms with van der Waals surface area (Å²) in [5.74, 6) is -0.595. The number of hydrogen-bond donors (Lipinski definition) is 1. The van der Waals surface area contributed by atoms with E-state index in [1.807, 2.05) is 0 Å². The van der Waals surface area contributed by atoms with E-state index < -0.39 is 12.0 Å². The summed E-state index contributed by atoms with van der Waals surface area (Å²) in [6.45, 7) is 1.81. The van der Waals surface area contributed by atoms with Crippen molar-refractivity contribution in [3.05, 3.63) is 0 Å². The van der Waals surface area contributed by atoms with Crippen LogP contribution in [0.2, 0.25) is 0 Å². The molecule has 0 bridgehead atoms. The second-order valence-corrected chi connectivity index (χ2v) is 5.71. The lowest BCUT2D eigenvalue weighted by molar-refractivity contribution is -0.148. The summed E-state index contributed by atoms with van der Waals surface area (Å²) in [6, 6.07) is -0.794. The number of thioether (sulfide) groups is 1. The summed E-state index contributed by atoms with van der Waals surface area (Å²) in [5.41, 5.74) is 0. The molecule has 0 aromatic rings. The van der Waals surface area contributed by atoms with Crippen LogP contribution >= 0.6 is 11.8 Å². The maximum atomic E-state index is 12.0. The minimum atomic E-state index is -0.994. The van der Waals surface area contributed by atoms with Gasteiger partial charge in [0.05, 0.1) is 6.10 Å². The number of hydrogen-bond acceptors (Lipinski definition) is 5. The van der Waals surface area contributed by atoms with Gasteiger partial charge in [0.1, 0.15) is 6.04 Å². The second-order valence-electron chi connectivity index (χ2n) is 4.44. The largest absolute Gasteiger partial charge is 0.480 e. The molecule has 0 spiro atoms. The minimum absolute atomic E-state index is 0.0245. The van der Waals surface area contributed by atoms with Gasteiger partial charge in [-0.25, -0.2) is 4.79 Å². The number of carboxylic acids is 1. The number of aliphatic carboxylic acids is 1. The lowest BCUT2D eigenvalue weighted by Gasteiger charge is -2.21. The van der Waals surface area contributed by atoms with Crippen molar-refractivity contribution >= 4 is 28.8 Å². The van der Waals surface area contributed by atoms with E-state index in [1.54, 1.807) is 0 Å². The van der Waals surface area contributed by atoms with Crippen molar-refractivity contribution in [2.75, 3.05) is 19.4 Å². The van der Waals surface area contributed by atoms with E-state index in [0.717, 1.165) is 0 Å². The van der Waals surface area contributed by atoms with Gasteiger partial charge in [-0.15, -0.1) is 0 Å². The molecule has 1 saturated heterocycles. The van der Waals surface area contributed by atoms with Crippen LogP contribution in [0, 0.1) is 0 Å². The molecule has 0 aliphatic carbocycles. The number of carbonyl (C=O) groups excluding carboxylic acids is 2. The molecular formula is C12H19NO5S. The van der Waals surface area contributed by atoms with Gasteiger partial charge < -0.3 is 14.7 Å². The van der Waals surface area contributed by atoms with Crippen LogP contribution < -0.4 is 0 Å². The molecule has 1 unspecified atom stereocenters. The highest BCUT2D eigenvalue weighted by atomic mass is 32.2. The van der Waals surface area contributed by atoms with E-state index in [1.165, 1.54) is 30.7 Å². The van der Waals surface area contributed by atoms with Crippen molar-refractivity contribution in [1.29, 1.82) is 0 Å². The third kappa shape index (κ3) is 4.83. The smallest absolute Gasteiger partial charge is 0.326 e. The van der Waals surface area contributed by atoms with E-state index in [-0.39, 0.29) is 23.5 Å². The molecule has 19 heavy (non-hydrogen) atoms. The maximum Gasteiger partial charge on any atom is 0.326 e. The summed E-state index contributed by atoms with van der Waals surface area (Å²) in [7, 11) is 1.51. The number of amides is 1. The van der Waals surface area contributed by atoms with Crippen LogP contribution in [-0.2, 0) is 19.1 Å². The molecule has 0 aromatic carbocycles. The fourth-order valence-corrected chi connectivity index (χ4v) is 2.64. The number of ether oxygens (including phenoxy) is 1. The van der Waals surface area contributed by atoms with Crippen molar-refractivity contribution in [2.24, 2.45) is 0 Å². The zero-order valence-electron chi connectivity index (χ0n) is 11.1. The molecule has 1 aliphatic heterocycles. The Labute approximate surface area is 116 Å². The van der Waals surface area contributed by atoms with Crippen LogP contribution in [0.25, 0.3) is 0 Å². The van der Waals surface area contributed by atoms with Gasteiger partial charge in [0.25, 0.3) is 0 Å². The van der Waals surface area contributed by atoms with Gasteiger partial charge in [-0.2, -0.15) is 0 Å². The summed E-state index contributed by atoms with van der Waals surface area (Å²) >= 11 is 1.18. The SMILES string of the molecule is COC1C[C@@H](C(=O)O)N(C(=O)CCCSC(C)=O)C1. The van der Waals surface area contributed by atoms with Crippen molar-refractivity contribution in [2.45, 2.75) is 38.3 Å². The fraction of sp³-hybridized carbons (Fsp3) is 0.750. The first-order valence-corrected chi connectivity index (χ1v) is 7.12. The lowest BCUT2D eigenvalue weighted by Crippen LogP contribution is -2.40. The van der Waals surface area contributed by atoms with E-state index in [4.69, 9.17) is 9.84 Å². The van der Waals surface area contributed by atoms with Gasteiger partial charge in [-0.1, -0.05) is 11.8 Å². The fourth-order valence-electron chi connectivity index (χ4n) is 2.06.